The summed E-state index contributed by atoms with van der Waals surface area (Å²) < 4.78 is 1.77. The molecule has 0 saturated heterocycles. The Bertz CT molecular complexity index is 1160. The van der Waals surface area contributed by atoms with Crippen molar-refractivity contribution < 1.29 is 0 Å². The van der Waals surface area contributed by atoms with E-state index >= 15 is 0 Å². The second-order valence-corrected chi connectivity index (χ2v) is 9.21. The molecule has 0 aliphatic carbocycles. The lowest BCUT2D eigenvalue weighted by Gasteiger charge is -2.09. The van der Waals surface area contributed by atoms with Gasteiger partial charge in [0.1, 0.15) is 9.84 Å². The van der Waals surface area contributed by atoms with Crippen LogP contribution in [0.15, 0.2) is 45.7 Å². The second kappa shape index (κ2) is 7.58. The number of thiophene rings is 1. The zero-order valence-corrected chi connectivity index (χ0v) is 17.8. The Labute approximate surface area is 169 Å². The monoisotopic (exact) mass is 413 g/mol. The molecule has 1 aromatic carbocycles. The third-order valence-electron chi connectivity index (χ3n) is 4.49. The lowest BCUT2D eigenvalue weighted by atomic mass is 10.2. The average molecular weight is 414 g/mol. The van der Waals surface area contributed by atoms with Crippen molar-refractivity contribution in [2.75, 3.05) is 0 Å². The molecular weight excluding hydrogens is 394 g/mol. The number of thioether (sulfide) groups is 1. The van der Waals surface area contributed by atoms with E-state index in [0.717, 1.165) is 42.1 Å². The van der Waals surface area contributed by atoms with Gasteiger partial charge in [-0.3, -0.25) is 9.36 Å². The van der Waals surface area contributed by atoms with Crippen molar-refractivity contribution in [1.82, 2.24) is 14.5 Å². The van der Waals surface area contributed by atoms with Gasteiger partial charge in [-0.1, -0.05) is 42.1 Å². The summed E-state index contributed by atoms with van der Waals surface area (Å²) >= 11 is 4.83. The van der Waals surface area contributed by atoms with E-state index in [0.29, 0.717) is 12.3 Å². The maximum Gasteiger partial charge on any atom is 0.263 e. The molecule has 138 valence electrons. The lowest BCUT2D eigenvalue weighted by molar-refractivity contribution is 0.635. The molecule has 4 rings (SSSR count). The van der Waals surface area contributed by atoms with Crippen molar-refractivity contribution in [3.05, 3.63) is 62.2 Å². The van der Waals surface area contributed by atoms with Gasteiger partial charge in [0.2, 0.25) is 0 Å². The quantitative estimate of drug-likeness (QED) is 0.320. The molecule has 27 heavy (non-hydrogen) atoms. The summed E-state index contributed by atoms with van der Waals surface area (Å²) in [4.78, 5) is 24.4. The number of hydrogen-bond donors (Lipinski definition) is 0. The summed E-state index contributed by atoms with van der Waals surface area (Å²) in [7, 11) is 0. The van der Waals surface area contributed by atoms with Crippen LogP contribution >= 0.6 is 34.4 Å². The molecule has 3 heterocycles. The summed E-state index contributed by atoms with van der Waals surface area (Å²) in [6.45, 7) is 6.66. The summed E-state index contributed by atoms with van der Waals surface area (Å²) in [5, 5.41) is 4.64. The van der Waals surface area contributed by atoms with Crippen molar-refractivity contribution in [3.63, 3.8) is 0 Å². The zero-order valence-electron chi connectivity index (χ0n) is 15.4. The molecule has 7 heteroatoms. The third-order valence-corrected chi connectivity index (χ3v) is 7.54. The van der Waals surface area contributed by atoms with Crippen LogP contribution in [0.1, 0.15) is 23.1 Å². The number of hydrogen-bond acceptors (Lipinski definition) is 6. The second-order valence-electron chi connectivity index (χ2n) is 6.21. The minimum atomic E-state index is 0.0649. The summed E-state index contributed by atoms with van der Waals surface area (Å²) in [5.41, 5.74) is 3.26. The van der Waals surface area contributed by atoms with Crippen molar-refractivity contribution in [2.24, 2.45) is 0 Å². The average Bonchev–Trinajstić information content (AvgIpc) is 3.26. The molecule has 3 aromatic heterocycles. The molecule has 0 saturated carbocycles. The van der Waals surface area contributed by atoms with E-state index in [9.17, 15) is 4.79 Å². The smallest absolute Gasteiger partial charge is 0.263 e. The number of thiazole rings is 1. The Hall–Kier alpha value is -1.96. The number of aromatic nitrogens is 3. The molecule has 0 spiro atoms. The normalized spacial score (nSPS) is 11.4. The highest BCUT2D eigenvalue weighted by Gasteiger charge is 2.16. The number of rotatable bonds is 5. The van der Waals surface area contributed by atoms with Crippen molar-refractivity contribution in [2.45, 2.75) is 38.2 Å². The standard InChI is InChI=1S/C20H19N3OS3/c1-4-23-19(24)16-12(2)13(3)27-18(16)22-20(23)26-11-15-10-25-17(21-15)14-8-6-5-7-9-14/h5-10H,4,11H2,1-3H3. The Morgan fingerprint density at radius 3 is 2.67 bits per heavy atom. The van der Waals surface area contributed by atoms with Crippen molar-refractivity contribution in [1.29, 1.82) is 0 Å². The molecule has 0 atom stereocenters. The highest BCUT2D eigenvalue weighted by Crippen LogP contribution is 2.30. The maximum absolute atomic E-state index is 12.9. The van der Waals surface area contributed by atoms with Gasteiger partial charge in [-0.05, 0) is 26.3 Å². The van der Waals surface area contributed by atoms with Crippen LogP contribution in [0.2, 0.25) is 0 Å². The van der Waals surface area contributed by atoms with Gasteiger partial charge in [0.15, 0.2) is 5.16 Å². The van der Waals surface area contributed by atoms with Gasteiger partial charge < -0.3 is 0 Å². The maximum atomic E-state index is 12.9. The van der Waals surface area contributed by atoms with E-state index in [-0.39, 0.29) is 5.56 Å². The molecule has 0 radical (unpaired) electrons. The van der Waals surface area contributed by atoms with Crippen LogP contribution in [0.25, 0.3) is 20.8 Å². The highest BCUT2D eigenvalue weighted by atomic mass is 32.2. The minimum Gasteiger partial charge on any atom is -0.287 e. The Morgan fingerprint density at radius 1 is 1.15 bits per heavy atom. The van der Waals surface area contributed by atoms with Gasteiger partial charge in [-0.25, -0.2) is 9.97 Å². The molecule has 0 fully saturated rings. The Balaban J connectivity index is 1.63. The molecule has 4 nitrogen and oxygen atoms in total. The number of benzene rings is 1. The lowest BCUT2D eigenvalue weighted by Crippen LogP contribution is -2.22. The number of aryl methyl sites for hydroxylation is 2. The van der Waals surface area contributed by atoms with Crippen LogP contribution in [-0.4, -0.2) is 14.5 Å². The minimum absolute atomic E-state index is 0.0649. The molecule has 0 amide bonds. The predicted octanol–water partition coefficient (Wildman–Crippen LogP) is 5.51. The van der Waals surface area contributed by atoms with E-state index in [4.69, 9.17) is 9.97 Å². The van der Waals surface area contributed by atoms with Crippen LogP contribution in [0.4, 0.5) is 0 Å². The van der Waals surface area contributed by atoms with E-state index in [1.165, 1.54) is 0 Å². The van der Waals surface area contributed by atoms with Gasteiger partial charge in [0, 0.05) is 28.1 Å². The van der Waals surface area contributed by atoms with Crippen LogP contribution in [0.5, 0.6) is 0 Å². The molecule has 0 bridgehead atoms. The first kappa shape index (κ1) is 18.4. The first-order chi connectivity index (χ1) is 13.1. The first-order valence-corrected chi connectivity index (χ1v) is 11.4. The van der Waals surface area contributed by atoms with Crippen molar-refractivity contribution in [3.8, 4) is 10.6 Å². The van der Waals surface area contributed by atoms with Crippen LogP contribution in [-0.2, 0) is 12.3 Å². The fraction of sp³-hybridized carbons (Fsp3) is 0.250. The third kappa shape index (κ3) is 3.47. The number of nitrogens with zero attached hydrogens (tertiary/aromatic N) is 3. The molecule has 4 aromatic rings. The van der Waals surface area contributed by atoms with Crippen LogP contribution in [0, 0.1) is 13.8 Å². The van der Waals surface area contributed by atoms with E-state index in [1.807, 2.05) is 39.0 Å². The Morgan fingerprint density at radius 2 is 1.93 bits per heavy atom. The molecular formula is C20H19N3OS3. The van der Waals surface area contributed by atoms with Crippen LogP contribution in [0.3, 0.4) is 0 Å². The highest BCUT2D eigenvalue weighted by molar-refractivity contribution is 7.98. The molecule has 0 N–H and O–H groups in total. The van der Waals surface area contributed by atoms with Gasteiger partial charge in [0.25, 0.3) is 5.56 Å². The summed E-state index contributed by atoms with van der Waals surface area (Å²) in [6.07, 6.45) is 0. The van der Waals surface area contributed by atoms with Gasteiger partial charge >= 0.3 is 0 Å². The summed E-state index contributed by atoms with van der Waals surface area (Å²) in [5.74, 6) is 0.699. The molecule has 0 aliphatic rings. The predicted molar refractivity (Wildman–Crippen MR) is 116 cm³/mol. The van der Waals surface area contributed by atoms with E-state index in [1.54, 1.807) is 39.0 Å². The first-order valence-electron chi connectivity index (χ1n) is 8.71. The topological polar surface area (TPSA) is 47.8 Å². The number of fused-ring (bicyclic) bond motifs is 1. The van der Waals surface area contributed by atoms with Gasteiger partial charge in [-0.2, -0.15) is 0 Å². The van der Waals surface area contributed by atoms with E-state index < -0.39 is 0 Å². The summed E-state index contributed by atoms with van der Waals surface area (Å²) in [6, 6.07) is 10.2. The fourth-order valence-electron chi connectivity index (χ4n) is 2.92. The van der Waals surface area contributed by atoms with Gasteiger partial charge in [-0.15, -0.1) is 22.7 Å². The van der Waals surface area contributed by atoms with Gasteiger partial charge in [0.05, 0.1) is 11.1 Å². The van der Waals surface area contributed by atoms with Crippen molar-refractivity contribution >= 4 is 44.7 Å². The van der Waals surface area contributed by atoms with Crippen LogP contribution < -0.4 is 5.56 Å². The van der Waals surface area contributed by atoms with E-state index in [2.05, 4.69) is 17.5 Å². The Kier molecular flexibility index (Phi) is 5.16. The SMILES string of the molecule is CCn1c(SCc2csc(-c3ccccc3)n2)nc2sc(C)c(C)c2c1=O. The zero-order chi connectivity index (χ0) is 19.0. The fourth-order valence-corrected chi connectivity index (χ4v) is 5.88. The molecule has 0 aliphatic heterocycles. The molecule has 0 unspecified atom stereocenters. The largest absolute Gasteiger partial charge is 0.287 e.